The molecule has 0 saturated heterocycles. The van der Waals surface area contributed by atoms with Crippen molar-refractivity contribution in [1.82, 2.24) is 9.97 Å². The van der Waals surface area contributed by atoms with Crippen molar-refractivity contribution in [1.29, 1.82) is 0 Å². The molecule has 2 aromatic carbocycles. The number of sulfone groups is 1. The summed E-state index contributed by atoms with van der Waals surface area (Å²) in [5, 5.41) is 0.427. The minimum absolute atomic E-state index is 0.183. The molecule has 0 fully saturated rings. The number of hydrogen-bond acceptors (Lipinski definition) is 4. The van der Waals surface area contributed by atoms with E-state index in [-0.39, 0.29) is 4.90 Å². The van der Waals surface area contributed by atoms with Gasteiger partial charge in [-0.3, -0.25) is 0 Å². The summed E-state index contributed by atoms with van der Waals surface area (Å²) in [4.78, 5) is 7.64. The lowest BCUT2D eigenvalue weighted by molar-refractivity contribution is 0.602. The number of anilines is 1. The van der Waals surface area contributed by atoms with Crippen molar-refractivity contribution in [3.8, 4) is 11.4 Å². The molecule has 108 valence electrons. The van der Waals surface area contributed by atoms with Crippen molar-refractivity contribution in [3.63, 3.8) is 0 Å². The Labute approximate surface area is 126 Å². The molecule has 0 aliphatic carbocycles. The van der Waals surface area contributed by atoms with Gasteiger partial charge < -0.3 is 10.7 Å². The standard InChI is InChI=1S/C14H12ClN3O2S/c1-21(19,20)11-7-3-6-10-13(11)18-14(17-10)8-4-2-5-9(15)12(8)16/h2-7H,16H2,1H3,(H,17,18). The van der Waals surface area contributed by atoms with Crippen molar-refractivity contribution >= 4 is 38.2 Å². The summed E-state index contributed by atoms with van der Waals surface area (Å²) in [6, 6.07) is 10.2. The topological polar surface area (TPSA) is 88.8 Å². The number of halogens is 1. The largest absolute Gasteiger partial charge is 0.397 e. The van der Waals surface area contributed by atoms with Crippen LogP contribution >= 0.6 is 11.6 Å². The van der Waals surface area contributed by atoms with E-state index < -0.39 is 9.84 Å². The summed E-state index contributed by atoms with van der Waals surface area (Å²) < 4.78 is 23.6. The number of benzene rings is 2. The van der Waals surface area contributed by atoms with Crippen LogP contribution in [0.4, 0.5) is 5.69 Å². The van der Waals surface area contributed by atoms with E-state index in [1.165, 1.54) is 6.07 Å². The fraction of sp³-hybridized carbons (Fsp3) is 0.0714. The number of rotatable bonds is 2. The minimum Gasteiger partial charge on any atom is -0.397 e. The molecule has 0 unspecified atom stereocenters. The highest BCUT2D eigenvalue weighted by Crippen LogP contribution is 2.32. The molecule has 1 aromatic heterocycles. The first-order valence-electron chi connectivity index (χ1n) is 6.11. The van der Waals surface area contributed by atoms with Gasteiger partial charge in [0.15, 0.2) is 9.84 Å². The molecule has 5 nitrogen and oxygen atoms in total. The first-order chi connectivity index (χ1) is 9.88. The van der Waals surface area contributed by atoms with Gasteiger partial charge in [-0.1, -0.05) is 23.7 Å². The molecule has 0 radical (unpaired) electrons. The Balaban J connectivity index is 2.30. The van der Waals surface area contributed by atoms with E-state index in [1.54, 1.807) is 30.3 Å². The van der Waals surface area contributed by atoms with Gasteiger partial charge in [-0.15, -0.1) is 0 Å². The highest BCUT2D eigenvalue weighted by molar-refractivity contribution is 7.91. The van der Waals surface area contributed by atoms with Gasteiger partial charge in [0.25, 0.3) is 0 Å². The molecule has 1 heterocycles. The minimum atomic E-state index is -3.36. The Kier molecular flexibility index (Phi) is 3.15. The van der Waals surface area contributed by atoms with Crippen LogP contribution in [0.1, 0.15) is 0 Å². The van der Waals surface area contributed by atoms with Crippen molar-refractivity contribution in [2.75, 3.05) is 12.0 Å². The molecule has 0 spiro atoms. The Morgan fingerprint density at radius 2 is 1.90 bits per heavy atom. The van der Waals surface area contributed by atoms with E-state index in [1.807, 2.05) is 0 Å². The summed E-state index contributed by atoms with van der Waals surface area (Å²) in [7, 11) is -3.36. The zero-order valence-electron chi connectivity index (χ0n) is 11.1. The highest BCUT2D eigenvalue weighted by Gasteiger charge is 2.17. The number of nitrogens with one attached hydrogen (secondary N) is 1. The van der Waals surface area contributed by atoms with E-state index in [2.05, 4.69) is 9.97 Å². The van der Waals surface area contributed by atoms with Crippen molar-refractivity contribution < 1.29 is 8.42 Å². The van der Waals surface area contributed by atoms with Crippen LogP contribution < -0.4 is 5.73 Å². The molecule has 0 saturated carbocycles. The second kappa shape index (κ2) is 4.75. The quantitative estimate of drug-likeness (QED) is 0.710. The summed E-state index contributed by atoms with van der Waals surface area (Å²) >= 11 is 6.00. The lowest BCUT2D eigenvalue weighted by Gasteiger charge is -2.03. The summed E-state index contributed by atoms with van der Waals surface area (Å²) in [5.74, 6) is 0.487. The van der Waals surface area contributed by atoms with Crippen molar-refractivity contribution in [3.05, 3.63) is 41.4 Å². The first kappa shape index (κ1) is 13.9. The van der Waals surface area contributed by atoms with Crippen LogP contribution in [-0.4, -0.2) is 24.6 Å². The number of aromatic nitrogens is 2. The SMILES string of the molecule is CS(=O)(=O)c1cccc2[nH]c(-c3cccc(Cl)c3N)nc12. The maximum Gasteiger partial charge on any atom is 0.177 e. The van der Waals surface area contributed by atoms with Gasteiger partial charge in [-0.25, -0.2) is 13.4 Å². The zero-order chi connectivity index (χ0) is 15.2. The molecule has 0 aliphatic heterocycles. The smallest absolute Gasteiger partial charge is 0.177 e. The van der Waals surface area contributed by atoms with Gasteiger partial charge in [0, 0.05) is 11.8 Å². The van der Waals surface area contributed by atoms with Crippen LogP contribution in [0.2, 0.25) is 5.02 Å². The molecule has 3 aromatic rings. The number of nitrogens with two attached hydrogens (primary N) is 1. The van der Waals surface area contributed by atoms with E-state index in [4.69, 9.17) is 17.3 Å². The van der Waals surface area contributed by atoms with E-state index >= 15 is 0 Å². The van der Waals surface area contributed by atoms with E-state index in [0.29, 0.717) is 33.1 Å². The number of hydrogen-bond donors (Lipinski definition) is 2. The average molecular weight is 322 g/mol. The summed E-state index contributed by atoms with van der Waals surface area (Å²) in [5.41, 5.74) is 8.02. The van der Waals surface area contributed by atoms with Gasteiger partial charge in [0.05, 0.1) is 21.1 Å². The number of aromatic amines is 1. The van der Waals surface area contributed by atoms with Crippen LogP contribution in [0, 0.1) is 0 Å². The van der Waals surface area contributed by atoms with Crippen LogP contribution in [0.5, 0.6) is 0 Å². The Bertz CT molecular complexity index is 948. The molecule has 3 N–H and O–H groups in total. The van der Waals surface area contributed by atoms with Crippen LogP contribution in [0.15, 0.2) is 41.3 Å². The van der Waals surface area contributed by atoms with Crippen LogP contribution in [0.3, 0.4) is 0 Å². The second-order valence-corrected chi connectivity index (χ2v) is 7.10. The third-order valence-corrected chi connectivity index (χ3v) is 4.64. The molecule has 0 bridgehead atoms. The van der Waals surface area contributed by atoms with Gasteiger partial charge in [-0.2, -0.15) is 0 Å². The molecule has 0 atom stereocenters. The first-order valence-corrected chi connectivity index (χ1v) is 8.38. The fourth-order valence-corrected chi connectivity index (χ4v) is 3.18. The maximum absolute atomic E-state index is 11.8. The lowest BCUT2D eigenvalue weighted by Crippen LogP contribution is -1.97. The van der Waals surface area contributed by atoms with Crippen molar-refractivity contribution in [2.45, 2.75) is 4.90 Å². The number of para-hydroxylation sites is 2. The van der Waals surface area contributed by atoms with Gasteiger partial charge >= 0.3 is 0 Å². The molecule has 21 heavy (non-hydrogen) atoms. The van der Waals surface area contributed by atoms with Gasteiger partial charge in [0.2, 0.25) is 0 Å². The summed E-state index contributed by atoms with van der Waals surface area (Å²) in [6.45, 7) is 0. The fourth-order valence-electron chi connectivity index (χ4n) is 2.18. The number of nitrogen functional groups attached to an aromatic ring is 1. The zero-order valence-corrected chi connectivity index (χ0v) is 12.7. The number of fused-ring (bicyclic) bond motifs is 1. The Morgan fingerprint density at radius 1 is 1.19 bits per heavy atom. The number of nitrogens with zero attached hydrogens (tertiary/aromatic N) is 1. The predicted octanol–water partition coefficient (Wildman–Crippen LogP) is 2.87. The van der Waals surface area contributed by atoms with Gasteiger partial charge in [0.1, 0.15) is 11.3 Å². The highest BCUT2D eigenvalue weighted by atomic mass is 35.5. The predicted molar refractivity (Wildman–Crippen MR) is 84.1 cm³/mol. The molecule has 0 amide bonds. The normalized spacial score (nSPS) is 11.9. The molecular formula is C14H12ClN3O2S. The van der Waals surface area contributed by atoms with Gasteiger partial charge in [-0.05, 0) is 24.3 Å². The third-order valence-electron chi connectivity index (χ3n) is 3.18. The van der Waals surface area contributed by atoms with E-state index in [9.17, 15) is 8.42 Å². The van der Waals surface area contributed by atoms with Crippen LogP contribution in [-0.2, 0) is 9.84 Å². The van der Waals surface area contributed by atoms with Crippen molar-refractivity contribution in [2.24, 2.45) is 0 Å². The van der Waals surface area contributed by atoms with E-state index in [0.717, 1.165) is 6.26 Å². The average Bonchev–Trinajstić information content (AvgIpc) is 2.84. The number of imidazole rings is 1. The Morgan fingerprint density at radius 3 is 2.62 bits per heavy atom. The molecule has 7 heteroatoms. The molecular weight excluding hydrogens is 310 g/mol. The van der Waals surface area contributed by atoms with Crippen LogP contribution in [0.25, 0.3) is 22.4 Å². The monoisotopic (exact) mass is 321 g/mol. The third kappa shape index (κ3) is 2.36. The molecule has 3 rings (SSSR count). The maximum atomic E-state index is 11.8. The number of H-pyrrole nitrogens is 1. The summed E-state index contributed by atoms with van der Waals surface area (Å²) in [6.07, 6.45) is 1.16. The Hall–Kier alpha value is -2.05. The molecule has 0 aliphatic rings. The second-order valence-electron chi connectivity index (χ2n) is 4.71. The lowest BCUT2D eigenvalue weighted by atomic mass is 10.2.